The van der Waals surface area contributed by atoms with Crippen LogP contribution in [-0.2, 0) is 11.3 Å². The van der Waals surface area contributed by atoms with Crippen molar-refractivity contribution in [3.05, 3.63) is 70.8 Å². The lowest BCUT2D eigenvalue weighted by Crippen LogP contribution is -2.51. The average Bonchev–Trinajstić information content (AvgIpc) is 2.74. The molecule has 6 N–H and O–H groups in total. The number of hydroxylamine groups is 1. The number of rotatable bonds is 5. The Labute approximate surface area is 168 Å². The maximum Gasteiger partial charge on any atom is 0.268 e. The molecule has 0 saturated carbocycles. The maximum atomic E-state index is 12.2. The number of benzene rings is 2. The van der Waals surface area contributed by atoms with Crippen molar-refractivity contribution in [2.45, 2.75) is 25.6 Å². The van der Waals surface area contributed by atoms with Gasteiger partial charge in [0.1, 0.15) is 6.04 Å². The first-order chi connectivity index (χ1) is 13.9. The predicted octanol–water partition coefficient (Wildman–Crippen LogP) is 0.533. The molecule has 29 heavy (non-hydrogen) atoms. The van der Waals surface area contributed by atoms with Crippen molar-refractivity contribution in [3.8, 4) is 23.7 Å². The van der Waals surface area contributed by atoms with E-state index in [1.165, 1.54) is 24.5 Å². The summed E-state index contributed by atoms with van der Waals surface area (Å²) in [7, 11) is 0. The Kier molecular flexibility index (Phi) is 7.96. The summed E-state index contributed by atoms with van der Waals surface area (Å²) in [6.45, 7) is 1.77. The molecule has 2 amide bonds. The summed E-state index contributed by atoms with van der Waals surface area (Å²) in [5.74, 6) is 9.86. The van der Waals surface area contributed by atoms with E-state index in [0.717, 1.165) is 11.1 Å². The van der Waals surface area contributed by atoms with Gasteiger partial charge in [0, 0.05) is 23.2 Å². The van der Waals surface area contributed by atoms with E-state index in [1.54, 1.807) is 12.1 Å². The lowest BCUT2D eigenvalue weighted by molar-refractivity contribution is -0.133. The van der Waals surface area contributed by atoms with E-state index in [0.29, 0.717) is 12.1 Å². The molecule has 0 aliphatic heterocycles. The Morgan fingerprint density at radius 2 is 1.72 bits per heavy atom. The third-order valence-electron chi connectivity index (χ3n) is 3.95. The summed E-state index contributed by atoms with van der Waals surface area (Å²) in [6.07, 6.45) is -1.18. The average molecular weight is 391 g/mol. The monoisotopic (exact) mass is 391 g/mol. The molecule has 2 rings (SSSR count). The van der Waals surface area contributed by atoms with Crippen LogP contribution >= 0.6 is 0 Å². The van der Waals surface area contributed by atoms with Gasteiger partial charge in [-0.1, -0.05) is 24.0 Å². The number of aliphatic hydroxyl groups excluding tert-OH is 1. The smallest absolute Gasteiger partial charge is 0.268 e. The van der Waals surface area contributed by atoms with Crippen molar-refractivity contribution in [3.63, 3.8) is 0 Å². The van der Waals surface area contributed by atoms with Crippen LogP contribution in [0.5, 0.6) is 0 Å². The molecule has 0 radical (unpaired) electrons. The van der Waals surface area contributed by atoms with Gasteiger partial charge >= 0.3 is 0 Å². The maximum absolute atomic E-state index is 12.2. The molecule has 7 nitrogen and oxygen atoms in total. The molecule has 0 saturated heterocycles. The van der Waals surface area contributed by atoms with Crippen LogP contribution in [0.4, 0.5) is 0 Å². The van der Waals surface area contributed by atoms with Gasteiger partial charge in [0.05, 0.1) is 6.10 Å². The fraction of sp³-hybridized carbons (Fsp3) is 0.182. The Morgan fingerprint density at radius 3 is 2.31 bits per heavy atom. The molecule has 0 spiro atoms. The fourth-order valence-corrected chi connectivity index (χ4v) is 2.39. The van der Waals surface area contributed by atoms with E-state index in [4.69, 9.17) is 10.9 Å². The summed E-state index contributed by atoms with van der Waals surface area (Å²) < 4.78 is 0. The van der Waals surface area contributed by atoms with Gasteiger partial charge in [0.2, 0.25) is 0 Å². The van der Waals surface area contributed by atoms with Gasteiger partial charge in [-0.15, -0.1) is 0 Å². The van der Waals surface area contributed by atoms with Gasteiger partial charge < -0.3 is 16.2 Å². The molecule has 1 unspecified atom stereocenters. The molecule has 0 bridgehead atoms. The quantitative estimate of drug-likeness (QED) is 0.289. The molecule has 0 heterocycles. The Bertz CT molecular complexity index is 992. The van der Waals surface area contributed by atoms with Gasteiger partial charge in [-0.05, 0) is 60.7 Å². The number of nitrogens with two attached hydrogens (primary N) is 1. The largest absolute Gasteiger partial charge is 0.391 e. The minimum absolute atomic E-state index is 0.275. The molecule has 0 aliphatic carbocycles. The summed E-state index contributed by atoms with van der Waals surface area (Å²) in [4.78, 5) is 23.7. The molecule has 2 atom stereocenters. The van der Waals surface area contributed by atoms with Gasteiger partial charge in [-0.2, -0.15) is 0 Å². The zero-order valence-corrected chi connectivity index (χ0v) is 15.8. The Morgan fingerprint density at radius 1 is 1.07 bits per heavy atom. The zero-order valence-electron chi connectivity index (χ0n) is 15.8. The number of amides is 2. The molecule has 2 aromatic rings. The second-order valence-electron chi connectivity index (χ2n) is 6.15. The first-order valence-corrected chi connectivity index (χ1v) is 8.78. The van der Waals surface area contributed by atoms with Crippen molar-refractivity contribution >= 4 is 11.8 Å². The molecule has 0 aromatic heterocycles. The van der Waals surface area contributed by atoms with Crippen molar-refractivity contribution in [2.75, 3.05) is 0 Å². The number of carbonyl (C=O) groups excluding carboxylic acids is 2. The summed E-state index contributed by atoms with van der Waals surface area (Å²) in [6, 6.07) is 12.7. The fourth-order valence-electron chi connectivity index (χ4n) is 2.39. The van der Waals surface area contributed by atoms with E-state index >= 15 is 0 Å². The highest BCUT2D eigenvalue weighted by Crippen LogP contribution is 2.05. The second kappa shape index (κ2) is 10.6. The standard InChI is InChI=1S/C22H21N3O4/c1-15(26)20(22(28)25-29)24-21(27)19-11-9-16(10-12-19)5-2-3-6-17-7-4-8-18(13-17)14-23/h4,7-13,15,20,26,29H,14,23H2,1H3,(H,24,27)(H,25,28)/t15-,20?/m0/s1. The van der Waals surface area contributed by atoms with E-state index in [2.05, 4.69) is 29.0 Å². The highest BCUT2D eigenvalue weighted by molar-refractivity contribution is 5.97. The number of aliphatic hydroxyl groups is 1. The van der Waals surface area contributed by atoms with Crippen LogP contribution in [0.3, 0.4) is 0 Å². The van der Waals surface area contributed by atoms with E-state index < -0.39 is 24.0 Å². The van der Waals surface area contributed by atoms with Crippen LogP contribution in [-0.4, -0.2) is 34.3 Å². The predicted molar refractivity (Wildman–Crippen MR) is 107 cm³/mol. The topological polar surface area (TPSA) is 125 Å². The third kappa shape index (κ3) is 6.49. The first-order valence-electron chi connectivity index (χ1n) is 8.78. The molecule has 0 aliphatic rings. The van der Waals surface area contributed by atoms with Crippen molar-refractivity contribution in [2.24, 2.45) is 5.73 Å². The lowest BCUT2D eigenvalue weighted by Gasteiger charge is -2.19. The number of hydrogen-bond donors (Lipinski definition) is 5. The van der Waals surface area contributed by atoms with Gasteiger partial charge in [-0.3, -0.25) is 14.8 Å². The third-order valence-corrected chi connectivity index (χ3v) is 3.95. The molecule has 2 aromatic carbocycles. The van der Waals surface area contributed by atoms with Gasteiger partial charge in [-0.25, -0.2) is 5.48 Å². The van der Waals surface area contributed by atoms with Crippen LogP contribution in [0, 0.1) is 23.7 Å². The lowest BCUT2D eigenvalue weighted by atomic mass is 10.1. The summed E-state index contributed by atoms with van der Waals surface area (Å²) in [5, 5.41) is 20.6. The highest BCUT2D eigenvalue weighted by Gasteiger charge is 2.25. The summed E-state index contributed by atoms with van der Waals surface area (Å²) >= 11 is 0. The Hall–Kier alpha value is -3.62. The van der Waals surface area contributed by atoms with E-state index in [-0.39, 0.29) is 5.56 Å². The SMILES string of the molecule is C[C@H](O)C(NC(=O)c1ccc(C#CC#Cc2cccc(CN)c2)cc1)C(=O)NO. The van der Waals surface area contributed by atoms with Gasteiger partial charge in [0.15, 0.2) is 0 Å². The summed E-state index contributed by atoms with van der Waals surface area (Å²) in [5.41, 5.74) is 9.76. The van der Waals surface area contributed by atoms with Crippen LogP contribution in [0.1, 0.15) is 34.0 Å². The van der Waals surface area contributed by atoms with Gasteiger partial charge in [0.25, 0.3) is 11.8 Å². The Balaban J connectivity index is 2.04. The van der Waals surface area contributed by atoms with Crippen molar-refractivity contribution < 1.29 is 19.9 Å². The first kappa shape index (κ1) is 21.7. The normalized spacial score (nSPS) is 11.7. The molecule has 148 valence electrons. The molecular weight excluding hydrogens is 370 g/mol. The zero-order chi connectivity index (χ0) is 21.2. The van der Waals surface area contributed by atoms with E-state index in [1.807, 2.05) is 24.3 Å². The minimum Gasteiger partial charge on any atom is -0.391 e. The molecular formula is C22H21N3O4. The van der Waals surface area contributed by atoms with Crippen LogP contribution in [0.25, 0.3) is 0 Å². The minimum atomic E-state index is -1.28. The number of carbonyl (C=O) groups is 2. The van der Waals surface area contributed by atoms with Crippen LogP contribution in [0.2, 0.25) is 0 Å². The van der Waals surface area contributed by atoms with Crippen molar-refractivity contribution in [1.29, 1.82) is 0 Å². The number of hydrogen-bond acceptors (Lipinski definition) is 5. The second-order valence-corrected chi connectivity index (χ2v) is 6.15. The van der Waals surface area contributed by atoms with Crippen LogP contribution in [0.15, 0.2) is 48.5 Å². The van der Waals surface area contributed by atoms with Crippen molar-refractivity contribution in [1.82, 2.24) is 10.8 Å². The molecule has 7 heteroatoms. The molecule has 0 fully saturated rings. The highest BCUT2D eigenvalue weighted by atomic mass is 16.5. The number of nitrogens with one attached hydrogen (secondary N) is 2. The van der Waals surface area contributed by atoms with Crippen LogP contribution < -0.4 is 16.5 Å². The van der Waals surface area contributed by atoms with E-state index in [9.17, 15) is 14.7 Å².